The van der Waals surface area contributed by atoms with Crippen molar-refractivity contribution in [1.82, 2.24) is 5.32 Å². The first-order valence-corrected chi connectivity index (χ1v) is 19.7. The summed E-state index contributed by atoms with van der Waals surface area (Å²) in [5, 5.41) is 38.9. The van der Waals surface area contributed by atoms with Crippen molar-refractivity contribution in [2.75, 3.05) is 13.2 Å². The van der Waals surface area contributed by atoms with Crippen molar-refractivity contribution < 1.29 is 72.5 Å². The smallest absolute Gasteiger partial charge is 0.407 e. The van der Waals surface area contributed by atoms with Gasteiger partial charge in [0.15, 0.2) is 17.8 Å². The number of rotatable bonds is 11. The molecule has 3 saturated heterocycles. The van der Waals surface area contributed by atoms with E-state index in [4.69, 9.17) is 33.2 Å². The number of amides is 1. The summed E-state index contributed by atoms with van der Waals surface area (Å²) in [6.07, 6.45) is -9.09. The second-order valence-electron chi connectivity index (χ2n) is 18.2. The zero-order valence-corrected chi connectivity index (χ0v) is 35.2. The molecule has 0 spiro atoms. The number of nitrogens with one attached hydrogen (secondary N) is 1. The van der Waals surface area contributed by atoms with Crippen molar-refractivity contribution in [3.8, 4) is 0 Å². The maximum absolute atomic E-state index is 13.9. The SMILES string of the molecule is CC(=O)O[C@@H]1/C(=C(/C)COC(=O)[C@H](O)[C@H](CC(C)C)NC(=O)OC(C)(C)C)C(C)(C)[C@@H]2O[C@@]1(O)[C@@]1(C)[C@H]([C@@H]2OC(=O)c2ccccc2)[C@]2(OC(C)=O)CO[C@@H]2C[C@@H]1O. The Morgan fingerprint density at radius 3 is 2.16 bits per heavy atom. The fourth-order valence-corrected chi connectivity index (χ4v) is 9.46. The summed E-state index contributed by atoms with van der Waals surface area (Å²) in [5.74, 6) is -7.10. The number of aliphatic hydroxyl groups excluding tert-OH is 2. The number of hydrogen-bond acceptors (Lipinski definition) is 15. The highest BCUT2D eigenvalue weighted by atomic mass is 16.7. The molecule has 4 fully saturated rings. The number of hydrogen-bond donors (Lipinski definition) is 4. The van der Waals surface area contributed by atoms with Crippen molar-refractivity contribution in [1.29, 1.82) is 0 Å². The fraction of sp³-hybridized carbons (Fsp3) is 0.690. The van der Waals surface area contributed by atoms with Crippen LogP contribution in [0.15, 0.2) is 41.5 Å². The number of carbonyl (C=O) groups excluding carboxylic acids is 5. The Balaban J connectivity index is 1.60. The highest BCUT2D eigenvalue weighted by Gasteiger charge is 2.83. The van der Waals surface area contributed by atoms with Gasteiger partial charge in [-0.2, -0.15) is 0 Å². The van der Waals surface area contributed by atoms with Crippen LogP contribution in [-0.4, -0.2) is 118 Å². The van der Waals surface area contributed by atoms with E-state index in [0.29, 0.717) is 0 Å². The number of esters is 4. The first kappa shape index (κ1) is 45.0. The van der Waals surface area contributed by atoms with Crippen LogP contribution in [0.3, 0.4) is 0 Å². The number of aliphatic hydroxyl groups is 3. The molecule has 1 aromatic rings. The summed E-state index contributed by atoms with van der Waals surface area (Å²) in [7, 11) is 0. The average molecular weight is 818 g/mol. The molecule has 5 rings (SSSR count). The molecular formula is C42H59NO15. The zero-order valence-electron chi connectivity index (χ0n) is 35.2. The molecule has 0 radical (unpaired) electrons. The van der Waals surface area contributed by atoms with Crippen LogP contribution in [0.2, 0.25) is 0 Å². The van der Waals surface area contributed by atoms with Gasteiger partial charge in [-0.15, -0.1) is 0 Å². The number of fused-ring (bicyclic) bond motifs is 6. The summed E-state index contributed by atoms with van der Waals surface area (Å²) in [5.41, 5.74) is -4.83. The molecule has 1 amide bonds. The van der Waals surface area contributed by atoms with Crippen LogP contribution >= 0.6 is 0 Å². The third-order valence-electron chi connectivity index (χ3n) is 11.9. The fourth-order valence-electron chi connectivity index (χ4n) is 9.46. The molecule has 0 unspecified atom stereocenters. The van der Waals surface area contributed by atoms with E-state index in [9.17, 15) is 39.3 Å². The standard InChI is InChI=1S/C42H59NO15/c1-21(2)17-26(43-37(50)58-38(6,7)8)30(47)36(49)52-19-22(3)29-33(54-23(4)44)42(51)40(11)27(46)18-28-41(20-53-28,56-24(5)45)32(40)31(34(57-42)39(29,9)10)55-35(48)25-15-13-12-14-16-25/h12-16,21,26-28,30-34,46-47,51H,17-20H2,1-11H3,(H,43,50)/b29-22+/t26-,27-,28+,30+,31-,32-,33+,34+,40+,41-,42+/m0/s1. The van der Waals surface area contributed by atoms with Gasteiger partial charge in [-0.1, -0.05) is 52.8 Å². The third-order valence-corrected chi connectivity index (χ3v) is 11.9. The number of benzene rings is 1. The summed E-state index contributed by atoms with van der Waals surface area (Å²) in [6, 6.07) is 7.10. The quantitative estimate of drug-likeness (QED) is 0.143. The van der Waals surface area contributed by atoms with Crippen LogP contribution in [0.5, 0.6) is 0 Å². The van der Waals surface area contributed by atoms with Crippen molar-refractivity contribution in [3.05, 3.63) is 47.0 Å². The Bertz CT molecular complexity index is 1790. The minimum atomic E-state index is -2.56. The van der Waals surface area contributed by atoms with Crippen LogP contribution in [0.25, 0.3) is 0 Å². The predicted molar refractivity (Wildman–Crippen MR) is 204 cm³/mol. The Labute approximate surface area is 338 Å². The predicted octanol–water partition coefficient (Wildman–Crippen LogP) is 3.52. The maximum Gasteiger partial charge on any atom is 0.407 e. The van der Waals surface area contributed by atoms with Crippen molar-refractivity contribution in [2.24, 2.45) is 22.7 Å². The lowest BCUT2D eigenvalue weighted by molar-refractivity contribution is -0.460. The summed E-state index contributed by atoms with van der Waals surface area (Å²) in [6.45, 7) is 17.0. The van der Waals surface area contributed by atoms with E-state index in [-0.39, 0.29) is 42.1 Å². The van der Waals surface area contributed by atoms with E-state index in [2.05, 4.69) is 5.32 Å². The minimum Gasteiger partial charge on any atom is -0.459 e. The molecule has 1 aromatic carbocycles. The molecule has 1 saturated carbocycles. The molecule has 58 heavy (non-hydrogen) atoms. The van der Waals surface area contributed by atoms with Gasteiger partial charge < -0.3 is 53.8 Å². The second-order valence-corrected chi connectivity index (χ2v) is 18.2. The minimum absolute atomic E-state index is 0.0510. The number of carbonyl (C=O) groups is 5. The second kappa shape index (κ2) is 16.2. The van der Waals surface area contributed by atoms with Gasteiger partial charge in [-0.3, -0.25) is 9.59 Å². The van der Waals surface area contributed by atoms with Gasteiger partial charge in [0.1, 0.15) is 30.5 Å². The lowest BCUT2D eigenvalue weighted by atomic mass is 9.45. The van der Waals surface area contributed by atoms with Gasteiger partial charge in [-0.05, 0) is 63.3 Å². The summed E-state index contributed by atoms with van der Waals surface area (Å²) >= 11 is 0. The Morgan fingerprint density at radius 1 is 0.983 bits per heavy atom. The van der Waals surface area contributed by atoms with E-state index < -0.39 is 113 Å². The monoisotopic (exact) mass is 817 g/mol. The number of alkyl carbamates (subject to hydrolysis) is 1. The van der Waals surface area contributed by atoms with Gasteiger partial charge in [0.2, 0.25) is 5.79 Å². The molecular weight excluding hydrogens is 758 g/mol. The maximum atomic E-state index is 13.9. The van der Waals surface area contributed by atoms with Crippen LogP contribution in [0.1, 0.15) is 99.4 Å². The van der Waals surface area contributed by atoms with Crippen molar-refractivity contribution >= 4 is 30.0 Å². The molecule has 16 nitrogen and oxygen atoms in total. The lowest BCUT2D eigenvalue weighted by Gasteiger charge is -2.72. The largest absolute Gasteiger partial charge is 0.459 e. The van der Waals surface area contributed by atoms with Crippen LogP contribution in [0, 0.1) is 22.7 Å². The van der Waals surface area contributed by atoms with Crippen LogP contribution < -0.4 is 5.32 Å². The van der Waals surface area contributed by atoms with Crippen LogP contribution in [0.4, 0.5) is 4.79 Å². The van der Waals surface area contributed by atoms with Gasteiger partial charge in [-0.25, -0.2) is 14.4 Å². The Kier molecular flexibility index (Phi) is 12.5. The van der Waals surface area contributed by atoms with E-state index in [1.807, 2.05) is 13.8 Å². The highest BCUT2D eigenvalue weighted by Crippen LogP contribution is 2.68. The van der Waals surface area contributed by atoms with Crippen LogP contribution in [-0.2, 0) is 47.5 Å². The topological polar surface area (TPSA) is 223 Å². The molecule has 16 heteroatoms. The first-order valence-electron chi connectivity index (χ1n) is 19.7. The van der Waals surface area contributed by atoms with E-state index in [1.54, 1.807) is 71.9 Å². The molecule has 0 aromatic heterocycles. The van der Waals surface area contributed by atoms with Gasteiger partial charge in [0, 0.05) is 25.7 Å². The first-order chi connectivity index (χ1) is 26.8. The molecule has 322 valence electrons. The van der Waals surface area contributed by atoms with E-state index in [1.165, 1.54) is 13.8 Å². The van der Waals surface area contributed by atoms with E-state index >= 15 is 0 Å². The molecule has 1 aliphatic carbocycles. The summed E-state index contributed by atoms with van der Waals surface area (Å²) < 4.78 is 41.8. The molecule has 3 aliphatic heterocycles. The van der Waals surface area contributed by atoms with Gasteiger partial charge >= 0.3 is 30.0 Å². The third kappa shape index (κ3) is 8.10. The van der Waals surface area contributed by atoms with Gasteiger partial charge in [0.25, 0.3) is 0 Å². The number of ether oxygens (including phenoxy) is 7. The summed E-state index contributed by atoms with van der Waals surface area (Å²) in [4.78, 5) is 65.8. The van der Waals surface area contributed by atoms with Crippen molar-refractivity contribution in [3.63, 3.8) is 0 Å². The molecule has 4 aliphatic rings. The molecule has 4 N–H and O–H groups in total. The lowest BCUT2D eigenvalue weighted by Crippen LogP contribution is -2.87. The normalized spacial score (nSPS) is 34.1. The highest BCUT2D eigenvalue weighted by molar-refractivity contribution is 5.89. The molecule has 2 bridgehead atoms. The average Bonchev–Trinajstić information content (AvgIpc) is 3.10. The molecule has 11 atom stereocenters. The van der Waals surface area contributed by atoms with Crippen molar-refractivity contribution in [2.45, 2.75) is 149 Å². The Hall–Kier alpha value is -4.09. The van der Waals surface area contributed by atoms with Gasteiger partial charge in [0.05, 0.1) is 35.6 Å². The zero-order chi connectivity index (χ0) is 43.3. The van der Waals surface area contributed by atoms with E-state index in [0.717, 1.165) is 6.92 Å². The molecule has 3 heterocycles. The Morgan fingerprint density at radius 2 is 1.62 bits per heavy atom.